The molecule has 3 rings (SSSR count). The van der Waals surface area contributed by atoms with E-state index in [1.54, 1.807) is 24.3 Å². The van der Waals surface area contributed by atoms with Gasteiger partial charge in [0.1, 0.15) is 12.2 Å². The Kier molecular flexibility index (Phi) is 4.50. The van der Waals surface area contributed by atoms with Gasteiger partial charge in [0, 0.05) is 6.92 Å². The fourth-order valence-electron chi connectivity index (χ4n) is 1.74. The molecule has 1 unspecified atom stereocenters. The van der Waals surface area contributed by atoms with Crippen LogP contribution in [0.15, 0.2) is 48.5 Å². The average molecular weight is 307 g/mol. The largest absolute Gasteiger partial charge is 0.481 e. The fraction of sp³-hybridized carbons (Fsp3) is 0.188. The first kappa shape index (κ1) is 15.4. The number of carboxylic acids is 1. The lowest BCUT2D eigenvalue weighted by Crippen LogP contribution is -2.34. The quantitative estimate of drug-likeness (QED) is 0.726. The Bertz CT molecular complexity index is 690. The Morgan fingerprint density at radius 1 is 1.14 bits per heavy atom. The number of aliphatic hydroxyl groups is 1. The maximum absolute atomic E-state index is 10.4. The van der Waals surface area contributed by atoms with Crippen molar-refractivity contribution in [1.29, 1.82) is 0 Å². The van der Waals surface area contributed by atoms with Gasteiger partial charge in [0.2, 0.25) is 5.79 Å². The van der Waals surface area contributed by atoms with Crippen LogP contribution in [0.1, 0.15) is 13.3 Å². The van der Waals surface area contributed by atoms with E-state index in [0.717, 1.165) is 0 Å². The van der Waals surface area contributed by atoms with Crippen molar-refractivity contribution in [3.8, 4) is 5.75 Å². The highest BCUT2D eigenvalue weighted by Crippen LogP contribution is 2.27. The van der Waals surface area contributed by atoms with E-state index in [4.69, 9.17) is 21.4 Å². The van der Waals surface area contributed by atoms with Crippen LogP contribution in [0, 0.1) is 10.4 Å². The van der Waals surface area contributed by atoms with Crippen molar-refractivity contribution in [2.45, 2.75) is 19.1 Å². The van der Waals surface area contributed by atoms with Gasteiger partial charge in [0.15, 0.2) is 0 Å². The highest BCUT2D eigenvalue weighted by Gasteiger charge is 2.27. The molecule has 2 N–H and O–H groups in total. The highest BCUT2D eigenvalue weighted by atomic mass is 35.5. The van der Waals surface area contributed by atoms with E-state index in [-0.39, 0.29) is 5.75 Å². The molecule has 0 heterocycles. The van der Waals surface area contributed by atoms with Crippen molar-refractivity contribution in [2.24, 2.45) is 0 Å². The third-order valence-electron chi connectivity index (χ3n) is 2.86. The van der Waals surface area contributed by atoms with Gasteiger partial charge in [-0.05, 0) is 22.6 Å². The van der Waals surface area contributed by atoms with Gasteiger partial charge in [0.05, 0.1) is 5.02 Å². The zero-order valence-electron chi connectivity index (χ0n) is 11.4. The number of para-hydroxylation sites is 1. The molecule has 0 fully saturated rings. The highest BCUT2D eigenvalue weighted by molar-refractivity contribution is 6.32. The first-order valence-electron chi connectivity index (χ1n) is 6.35. The van der Waals surface area contributed by atoms with E-state index in [2.05, 4.69) is 24.3 Å². The first-order valence-corrected chi connectivity index (χ1v) is 6.73. The van der Waals surface area contributed by atoms with Gasteiger partial charge in [0.25, 0.3) is 0 Å². The van der Waals surface area contributed by atoms with E-state index in [1.807, 2.05) is 0 Å². The number of rotatable bonds is 4. The summed E-state index contributed by atoms with van der Waals surface area (Å²) in [7, 11) is 0. The molecule has 2 aliphatic rings. The molecule has 0 aliphatic heterocycles. The molecular formula is C16H15ClO4. The predicted molar refractivity (Wildman–Crippen MR) is 79.1 cm³/mol. The first-order chi connectivity index (χ1) is 9.87. The molecule has 1 aromatic rings. The minimum absolute atomic E-state index is 0.255. The lowest BCUT2D eigenvalue weighted by atomic mass is 10.1. The summed E-state index contributed by atoms with van der Waals surface area (Å²) in [6.45, 7) is 1.27. The molecule has 0 spiro atoms. The molecule has 0 saturated heterocycles. The predicted octanol–water partition coefficient (Wildman–Crippen LogP) is 3.19. The van der Waals surface area contributed by atoms with Crippen molar-refractivity contribution in [1.82, 2.24) is 0 Å². The smallest absolute Gasteiger partial charge is 0.310 e. The lowest BCUT2D eigenvalue weighted by Gasteiger charge is -2.23. The van der Waals surface area contributed by atoms with Crippen LogP contribution in [0.25, 0.3) is 0 Å². The van der Waals surface area contributed by atoms with Crippen molar-refractivity contribution < 1.29 is 19.7 Å². The maximum atomic E-state index is 10.4. The Morgan fingerprint density at radius 2 is 1.67 bits per heavy atom. The van der Waals surface area contributed by atoms with Gasteiger partial charge in [-0.25, -0.2) is 0 Å². The molecule has 21 heavy (non-hydrogen) atoms. The summed E-state index contributed by atoms with van der Waals surface area (Å²) in [5, 5.41) is 21.3. The summed E-state index contributed by atoms with van der Waals surface area (Å²) < 4.78 is 5.09. The third kappa shape index (κ3) is 4.21. The second kappa shape index (κ2) is 6.16. The number of hydrogen-bond acceptors (Lipinski definition) is 3. The van der Waals surface area contributed by atoms with Gasteiger partial charge < -0.3 is 14.9 Å². The minimum atomic E-state index is -1.77. The number of aliphatic carboxylic acids is 1. The van der Waals surface area contributed by atoms with Gasteiger partial charge in [-0.2, -0.15) is 0 Å². The summed E-state index contributed by atoms with van der Waals surface area (Å²) in [6, 6.07) is 15.0. The minimum Gasteiger partial charge on any atom is -0.481 e. The van der Waals surface area contributed by atoms with Crippen LogP contribution in [0.2, 0.25) is 5.02 Å². The molecule has 0 aromatic heterocycles. The van der Waals surface area contributed by atoms with E-state index in [0.29, 0.717) is 5.02 Å². The summed E-state index contributed by atoms with van der Waals surface area (Å²) in [6.07, 6.45) is -0.516. The molecular weight excluding hydrogens is 292 g/mol. The molecule has 0 amide bonds. The molecule has 5 heteroatoms. The van der Waals surface area contributed by atoms with Crippen LogP contribution >= 0.6 is 11.6 Å². The third-order valence-corrected chi connectivity index (χ3v) is 3.18. The number of ether oxygens (including phenoxy) is 1. The molecule has 2 aliphatic carbocycles. The average Bonchev–Trinajstić information content (AvgIpc) is 2.35. The standard InChI is InChI=1S/C10H11ClO4.C6H4/c1-10(14,6-9(12)13)15-8-5-3-2-4-7(8)11;1-2-6-4-3-5(1)6/h2-5,14H,6H2,1H3,(H,12,13);1-4H. The second-order valence-electron chi connectivity index (χ2n) is 4.86. The molecule has 1 aromatic carbocycles. The topological polar surface area (TPSA) is 66.8 Å². The van der Waals surface area contributed by atoms with Crippen LogP contribution in [-0.2, 0) is 4.79 Å². The molecule has 0 radical (unpaired) electrons. The van der Waals surface area contributed by atoms with E-state index in [9.17, 15) is 9.90 Å². The van der Waals surface area contributed by atoms with Crippen LogP contribution in [0.3, 0.4) is 0 Å². The molecule has 0 bridgehead atoms. The molecule has 110 valence electrons. The van der Waals surface area contributed by atoms with Crippen LogP contribution < -0.4 is 4.74 Å². The number of hydrogen-bond donors (Lipinski definition) is 2. The van der Waals surface area contributed by atoms with Gasteiger partial charge >= 0.3 is 5.97 Å². The Labute approximate surface area is 126 Å². The van der Waals surface area contributed by atoms with Gasteiger partial charge in [-0.15, -0.1) is 0 Å². The summed E-state index contributed by atoms with van der Waals surface area (Å²) >= 11 is 5.78. The number of carbonyl (C=O) groups is 1. The number of benzene rings is 2. The van der Waals surface area contributed by atoms with E-state index in [1.165, 1.54) is 17.4 Å². The SMILES string of the molecule is CC(O)(CC(=O)O)Oc1ccccc1Cl.c1cc2ccc1=2. The van der Waals surface area contributed by atoms with Crippen LogP contribution in [-0.4, -0.2) is 22.0 Å². The summed E-state index contributed by atoms with van der Waals surface area (Å²) in [5.74, 6) is -2.66. The molecule has 0 saturated carbocycles. The van der Waals surface area contributed by atoms with Crippen molar-refractivity contribution in [3.05, 3.63) is 64.0 Å². The number of carboxylic acid groups (broad SMARTS) is 1. The fourth-order valence-corrected chi connectivity index (χ4v) is 1.92. The summed E-state index contributed by atoms with van der Waals surface area (Å²) in [4.78, 5) is 10.4. The summed E-state index contributed by atoms with van der Waals surface area (Å²) in [5.41, 5.74) is 0. The van der Waals surface area contributed by atoms with Crippen molar-refractivity contribution in [2.75, 3.05) is 0 Å². The zero-order chi connectivity index (χ0) is 15.5. The van der Waals surface area contributed by atoms with Gasteiger partial charge in [-0.1, -0.05) is 48.0 Å². The second-order valence-corrected chi connectivity index (χ2v) is 5.26. The van der Waals surface area contributed by atoms with Crippen LogP contribution in [0.4, 0.5) is 0 Å². The normalized spacial score (nSPS) is 13.5. The van der Waals surface area contributed by atoms with Gasteiger partial charge in [-0.3, -0.25) is 4.79 Å². The molecule has 4 nitrogen and oxygen atoms in total. The Hall–Kier alpha value is -2.04. The van der Waals surface area contributed by atoms with E-state index < -0.39 is 18.2 Å². The number of halogens is 1. The monoisotopic (exact) mass is 306 g/mol. The lowest BCUT2D eigenvalue weighted by molar-refractivity contribution is -0.161. The van der Waals surface area contributed by atoms with E-state index >= 15 is 0 Å². The Morgan fingerprint density at radius 3 is 2.05 bits per heavy atom. The maximum Gasteiger partial charge on any atom is 0.310 e. The van der Waals surface area contributed by atoms with Crippen LogP contribution in [0.5, 0.6) is 5.75 Å². The zero-order valence-corrected chi connectivity index (χ0v) is 12.2. The molecule has 1 atom stereocenters. The van der Waals surface area contributed by atoms with Crippen molar-refractivity contribution in [3.63, 3.8) is 0 Å². The van der Waals surface area contributed by atoms with Crippen molar-refractivity contribution >= 4 is 17.6 Å². The Balaban J connectivity index is 0.000000218.